The Labute approximate surface area is 152 Å². The van der Waals surface area contributed by atoms with E-state index in [0.29, 0.717) is 30.2 Å². The zero-order valence-corrected chi connectivity index (χ0v) is 14.6. The maximum atomic E-state index is 12.4. The van der Waals surface area contributed by atoms with Crippen molar-refractivity contribution in [1.82, 2.24) is 14.8 Å². The Balaban J connectivity index is 1.61. The predicted octanol–water partition coefficient (Wildman–Crippen LogP) is 2.84. The summed E-state index contributed by atoms with van der Waals surface area (Å²) < 4.78 is 0. The molecule has 1 aromatic heterocycles. The highest BCUT2D eigenvalue weighted by molar-refractivity contribution is 6.29. The van der Waals surface area contributed by atoms with Gasteiger partial charge < -0.3 is 4.90 Å². The summed E-state index contributed by atoms with van der Waals surface area (Å²) in [5.41, 5.74) is 2.75. The van der Waals surface area contributed by atoms with Crippen molar-refractivity contribution >= 4 is 17.5 Å². The van der Waals surface area contributed by atoms with Gasteiger partial charge >= 0.3 is 0 Å². The number of carbonyl (C=O) groups is 1. The summed E-state index contributed by atoms with van der Waals surface area (Å²) in [6, 6.07) is 13.4. The number of benzene rings is 1. The summed E-state index contributed by atoms with van der Waals surface area (Å²) in [4.78, 5) is 20.6. The molecule has 6 heteroatoms. The molecule has 25 heavy (non-hydrogen) atoms. The minimum Gasteiger partial charge on any atom is -0.337 e. The van der Waals surface area contributed by atoms with Gasteiger partial charge in [-0.25, -0.2) is 4.98 Å². The Bertz CT molecular complexity index is 785. The molecule has 1 saturated heterocycles. The fourth-order valence-corrected chi connectivity index (χ4v) is 3.07. The highest BCUT2D eigenvalue weighted by atomic mass is 35.5. The van der Waals surface area contributed by atoms with Gasteiger partial charge in [0.1, 0.15) is 5.15 Å². The number of pyridine rings is 1. The van der Waals surface area contributed by atoms with Gasteiger partial charge in [0.2, 0.25) is 5.91 Å². The molecule has 128 valence electrons. The number of hydrogen-bond donors (Lipinski definition) is 0. The Morgan fingerprint density at radius 3 is 2.76 bits per heavy atom. The van der Waals surface area contributed by atoms with E-state index in [2.05, 4.69) is 16.0 Å². The third-order valence-corrected chi connectivity index (χ3v) is 4.53. The zero-order chi connectivity index (χ0) is 17.6. The van der Waals surface area contributed by atoms with E-state index in [-0.39, 0.29) is 5.91 Å². The second kappa shape index (κ2) is 8.11. The third kappa shape index (κ3) is 4.79. The number of halogens is 1. The molecule has 5 nitrogen and oxygen atoms in total. The Morgan fingerprint density at radius 2 is 2.00 bits per heavy atom. The van der Waals surface area contributed by atoms with Crippen molar-refractivity contribution in [2.24, 2.45) is 0 Å². The molecule has 0 aliphatic carbocycles. The van der Waals surface area contributed by atoms with Gasteiger partial charge in [0.25, 0.3) is 0 Å². The Morgan fingerprint density at radius 1 is 1.12 bits per heavy atom. The quantitative estimate of drug-likeness (QED) is 0.792. The molecule has 2 heterocycles. The first-order valence-electron chi connectivity index (χ1n) is 8.23. The molecular formula is C19H19ClN4O. The highest BCUT2D eigenvalue weighted by Gasteiger charge is 2.21. The van der Waals surface area contributed by atoms with Crippen LogP contribution in [-0.4, -0.2) is 40.3 Å². The number of nitriles is 1. The van der Waals surface area contributed by atoms with E-state index in [1.165, 1.54) is 0 Å². The van der Waals surface area contributed by atoms with Gasteiger partial charge in [-0.1, -0.05) is 29.8 Å². The van der Waals surface area contributed by atoms with Gasteiger partial charge in [0.15, 0.2) is 0 Å². The summed E-state index contributed by atoms with van der Waals surface area (Å²) in [5.74, 6) is 0.156. The van der Waals surface area contributed by atoms with Crippen LogP contribution in [0, 0.1) is 11.3 Å². The average Bonchev–Trinajstić information content (AvgIpc) is 2.80. The molecular weight excluding hydrogens is 336 g/mol. The fraction of sp³-hybridized carbons (Fsp3) is 0.316. The maximum absolute atomic E-state index is 12.4. The zero-order valence-electron chi connectivity index (χ0n) is 13.9. The molecule has 1 aliphatic heterocycles. The molecule has 0 unspecified atom stereocenters. The van der Waals surface area contributed by atoms with Gasteiger partial charge in [-0.05, 0) is 29.3 Å². The second-order valence-corrected chi connectivity index (χ2v) is 6.53. The fourth-order valence-electron chi connectivity index (χ4n) is 2.95. The molecule has 0 saturated carbocycles. The van der Waals surface area contributed by atoms with Crippen LogP contribution in [0.2, 0.25) is 5.15 Å². The molecule has 3 rings (SSSR count). The normalized spacial score (nSPS) is 15.7. The largest absolute Gasteiger partial charge is 0.337 e. The summed E-state index contributed by atoms with van der Waals surface area (Å²) in [6.07, 6.45) is 2.21. The molecule has 1 amide bonds. The predicted molar refractivity (Wildman–Crippen MR) is 95.7 cm³/mol. The molecule has 0 bridgehead atoms. The van der Waals surface area contributed by atoms with Crippen LogP contribution >= 0.6 is 11.6 Å². The number of aromatic nitrogens is 1. The van der Waals surface area contributed by atoms with E-state index >= 15 is 0 Å². The first kappa shape index (κ1) is 17.4. The van der Waals surface area contributed by atoms with Crippen molar-refractivity contribution in [3.63, 3.8) is 0 Å². The lowest BCUT2D eigenvalue weighted by atomic mass is 10.1. The summed E-state index contributed by atoms with van der Waals surface area (Å²) in [7, 11) is 0. The maximum Gasteiger partial charge on any atom is 0.224 e. The van der Waals surface area contributed by atoms with E-state index in [1.54, 1.807) is 18.3 Å². The van der Waals surface area contributed by atoms with Crippen LogP contribution in [-0.2, 0) is 17.9 Å². The van der Waals surface area contributed by atoms with Crippen molar-refractivity contribution < 1.29 is 4.79 Å². The van der Waals surface area contributed by atoms with Crippen LogP contribution in [0.4, 0.5) is 0 Å². The lowest BCUT2D eigenvalue weighted by molar-refractivity contribution is -0.130. The molecule has 0 radical (unpaired) electrons. The van der Waals surface area contributed by atoms with E-state index in [0.717, 1.165) is 30.8 Å². The van der Waals surface area contributed by atoms with Crippen LogP contribution in [0.1, 0.15) is 23.1 Å². The molecule has 1 aliphatic rings. The van der Waals surface area contributed by atoms with Crippen molar-refractivity contribution in [3.8, 4) is 6.07 Å². The number of carbonyl (C=O) groups excluding carboxylic acids is 1. The third-order valence-electron chi connectivity index (χ3n) is 4.31. The molecule has 0 N–H and O–H groups in total. The van der Waals surface area contributed by atoms with Gasteiger partial charge in [-0.3, -0.25) is 9.69 Å². The first-order chi connectivity index (χ1) is 12.1. The number of amides is 1. The van der Waals surface area contributed by atoms with Crippen LogP contribution in [0.3, 0.4) is 0 Å². The van der Waals surface area contributed by atoms with Crippen LogP contribution in [0.5, 0.6) is 0 Å². The molecule has 0 spiro atoms. The van der Waals surface area contributed by atoms with E-state index in [1.807, 2.05) is 29.2 Å². The van der Waals surface area contributed by atoms with Crippen LogP contribution in [0.15, 0.2) is 42.6 Å². The minimum absolute atomic E-state index is 0.156. The lowest BCUT2D eigenvalue weighted by Crippen LogP contribution is -2.32. The average molecular weight is 355 g/mol. The van der Waals surface area contributed by atoms with E-state index in [9.17, 15) is 4.79 Å². The van der Waals surface area contributed by atoms with Gasteiger partial charge in [-0.15, -0.1) is 0 Å². The number of hydrogen-bond acceptors (Lipinski definition) is 4. The van der Waals surface area contributed by atoms with Crippen LogP contribution < -0.4 is 0 Å². The van der Waals surface area contributed by atoms with Gasteiger partial charge in [0.05, 0.1) is 11.6 Å². The monoisotopic (exact) mass is 354 g/mol. The molecule has 1 aromatic carbocycles. The standard InChI is InChI=1S/C19H19ClN4O/c20-18-5-4-17(12-22-18)14-24-9-8-23(7-6-19(24)25)13-16-3-1-2-15(10-16)11-21/h1-5,10,12H,6-9,13-14H2. The molecule has 1 fully saturated rings. The van der Waals surface area contributed by atoms with Gasteiger partial charge in [0, 0.05) is 45.3 Å². The summed E-state index contributed by atoms with van der Waals surface area (Å²) >= 11 is 5.81. The summed E-state index contributed by atoms with van der Waals surface area (Å²) in [6.45, 7) is 3.52. The van der Waals surface area contributed by atoms with E-state index in [4.69, 9.17) is 16.9 Å². The first-order valence-corrected chi connectivity index (χ1v) is 8.61. The van der Waals surface area contributed by atoms with Crippen molar-refractivity contribution in [2.45, 2.75) is 19.5 Å². The molecule has 2 aromatic rings. The number of rotatable bonds is 4. The Hall–Kier alpha value is -2.42. The van der Waals surface area contributed by atoms with E-state index < -0.39 is 0 Å². The second-order valence-electron chi connectivity index (χ2n) is 6.14. The molecule has 0 atom stereocenters. The summed E-state index contributed by atoms with van der Waals surface area (Å²) in [5, 5.41) is 9.47. The highest BCUT2D eigenvalue weighted by Crippen LogP contribution is 2.14. The minimum atomic E-state index is 0.156. The van der Waals surface area contributed by atoms with Crippen molar-refractivity contribution in [1.29, 1.82) is 5.26 Å². The smallest absolute Gasteiger partial charge is 0.224 e. The number of nitrogens with zero attached hydrogens (tertiary/aromatic N) is 4. The van der Waals surface area contributed by atoms with Crippen molar-refractivity contribution in [2.75, 3.05) is 19.6 Å². The van der Waals surface area contributed by atoms with Crippen LogP contribution in [0.25, 0.3) is 0 Å². The van der Waals surface area contributed by atoms with Gasteiger partial charge in [-0.2, -0.15) is 5.26 Å². The topological polar surface area (TPSA) is 60.2 Å². The Kier molecular flexibility index (Phi) is 5.64. The SMILES string of the molecule is N#Cc1cccc(CN2CCC(=O)N(Cc3ccc(Cl)nc3)CC2)c1. The lowest BCUT2D eigenvalue weighted by Gasteiger charge is -2.22. The van der Waals surface area contributed by atoms with Crippen molar-refractivity contribution in [3.05, 3.63) is 64.4 Å².